The fourth-order valence-corrected chi connectivity index (χ4v) is 2.43. The van der Waals surface area contributed by atoms with Crippen LogP contribution in [0.5, 0.6) is 0 Å². The van der Waals surface area contributed by atoms with E-state index in [9.17, 15) is 9.90 Å². The van der Waals surface area contributed by atoms with Crippen molar-refractivity contribution < 1.29 is 15.0 Å². The van der Waals surface area contributed by atoms with Crippen LogP contribution in [-0.2, 0) is 4.79 Å². The molecule has 4 N–H and O–H groups in total. The van der Waals surface area contributed by atoms with Gasteiger partial charge in [-0.2, -0.15) is 0 Å². The van der Waals surface area contributed by atoms with Crippen molar-refractivity contribution in [2.45, 2.75) is 51.7 Å². The van der Waals surface area contributed by atoms with E-state index in [0.717, 1.165) is 0 Å². The molecule has 4 nitrogen and oxygen atoms in total. The number of aliphatic hydroxyl groups excluding tert-OH is 1. The molecule has 3 atom stereocenters. The molecule has 0 radical (unpaired) electrons. The maximum Gasteiger partial charge on any atom is 0.323 e. The highest BCUT2D eigenvalue weighted by Gasteiger charge is 2.45. The highest BCUT2D eigenvalue weighted by Crippen LogP contribution is 2.40. The summed E-state index contributed by atoms with van der Waals surface area (Å²) >= 11 is 0. The van der Waals surface area contributed by atoms with E-state index in [-0.39, 0.29) is 17.8 Å². The van der Waals surface area contributed by atoms with E-state index in [1.807, 2.05) is 0 Å². The minimum atomic E-state index is -1.23. The second-order valence-corrected chi connectivity index (χ2v) is 5.74. The average molecular weight is 215 g/mol. The van der Waals surface area contributed by atoms with Gasteiger partial charge >= 0.3 is 5.97 Å². The van der Waals surface area contributed by atoms with Crippen LogP contribution in [0.1, 0.15) is 40.0 Å². The third-order valence-electron chi connectivity index (χ3n) is 3.48. The number of hydrogen-bond donors (Lipinski definition) is 3. The van der Waals surface area contributed by atoms with Gasteiger partial charge in [-0.15, -0.1) is 0 Å². The first-order valence-electron chi connectivity index (χ1n) is 5.37. The van der Waals surface area contributed by atoms with Gasteiger partial charge in [-0.3, -0.25) is 4.79 Å². The molecule has 0 aromatic heterocycles. The van der Waals surface area contributed by atoms with E-state index in [0.29, 0.717) is 12.8 Å². The lowest BCUT2D eigenvalue weighted by molar-refractivity contribution is -0.148. The van der Waals surface area contributed by atoms with Crippen molar-refractivity contribution in [2.24, 2.45) is 17.1 Å². The van der Waals surface area contributed by atoms with Gasteiger partial charge in [0.2, 0.25) is 0 Å². The molecule has 0 aromatic rings. The van der Waals surface area contributed by atoms with Gasteiger partial charge in [-0.25, -0.2) is 0 Å². The molecule has 4 heteroatoms. The second kappa shape index (κ2) is 3.76. The molecule has 0 bridgehead atoms. The molecule has 1 fully saturated rings. The number of aliphatic carboxylic acids is 1. The van der Waals surface area contributed by atoms with Crippen molar-refractivity contribution in [1.82, 2.24) is 0 Å². The molecule has 0 heterocycles. The zero-order chi connectivity index (χ0) is 11.9. The average Bonchev–Trinajstić information content (AvgIpc) is 2.00. The Morgan fingerprint density at radius 1 is 1.47 bits per heavy atom. The van der Waals surface area contributed by atoms with Crippen molar-refractivity contribution in [1.29, 1.82) is 0 Å². The molecule has 0 saturated heterocycles. The Morgan fingerprint density at radius 2 is 2.00 bits per heavy atom. The molecule has 1 saturated carbocycles. The molecule has 0 aliphatic heterocycles. The predicted molar refractivity (Wildman–Crippen MR) is 57.4 cm³/mol. The SMILES string of the molecule is CC(C)(C)C1CCC(N)(C(=O)O)CC1O. The summed E-state index contributed by atoms with van der Waals surface area (Å²) in [5.74, 6) is -0.873. The van der Waals surface area contributed by atoms with Crippen LogP contribution in [0, 0.1) is 11.3 Å². The fourth-order valence-electron chi connectivity index (χ4n) is 2.43. The van der Waals surface area contributed by atoms with E-state index in [2.05, 4.69) is 20.8 Å². The summed E-state index contributed by atoms with van der Waals surface area (Å²) in [6, 6.07) is 0. The Kier molecular flexibility index (Phi) is 3.12. The summed E-state index contributed by atoms with van der Waals surface area (Å²) in [6.45, 7) is 6.18. The molecular weight excluding hydrogens is 194 g/mol. The van der Waals surface area contributed by atoms with Crippen molar-refractivity contribution in [3.8, 4) is 0 Å². The molecule has 1 aliphatic rings. The molecule has 88 valence electrons. The summed E-state index contributed by atoms with van der Waals surface area (Å²) in [4.78, 5) is 10.9. The number of nitrogens with two attached hydrogens (primary N) is 1. The number of carboxylic acid groups (broad SMARTS) is 1. The topological polar surface area (TPSA) is 83.6 Å². The van der Waals surface area contributed by atoms with Gasteiger partial charge in [0, 0.05) is 6.42 Å². The van der Waals surface area contributed by atoms with Crippen LogP contribution >= 0.6 is 0 Å². The van der Waals surface area contributed by atoms with Crippen LogP contribution in [0.4, 0.5) is 0 Å². The molecule has 0 amide bonds. The van der Waals surface area contributed by atoms with Gasteiger partial charge in [0.15, 0.2) is 0 Å². The molecule has 0 spiro atoms. The molecule has 0 aromatic carbocycles. The summed E-state index contributed by atoms with van der Waals surface area (Å²) in [6.07, 6.45) is 0.666. The van der Waals surface area contributed by atoms with Crippen LogP contribution in [0.3, 0.4) is 0 Å². The monoisotopic (exact) mass is 215 g/mol. The van der Waals surface area contributed by atoms with Gasteiger partial charge in [0.1, 0.15) is 5.54 Å². The smallest absolute Gasteiger partial charge is 0.323 e. The number of carbonyl (C=O) groups is 1. The Balaban J connectivity index is 2.75. The summed E-state index contributed by atoms with van der Waals surface area (Å²) < 4.78 is 0. The highest BCUT2D eigenvalue weighted by molar-refractivity contribution is 5.78. The zero-order valence-electron chi connectivity index (χ0n) is 9.66. The van der Waals surface area contributed by atoms with Crippen LogP contribution in [0.25, 0.3) is 0 Å². The maximum atomic E-state index is 10.9. The van der Waals surface area contributed by atoms with Crippen LogP contribution in [-0.4, -0.2) is 27.8 Å². The number of carboxylic acids is 1. The fraction of sp³-hybridized carbons (Fsp3) is 0.909. The largest absolute Gasteiger partial charge is 0.480 e. The first-order chi connectivity index (χ1) is 6.67. The Bertz CT molecular complexity index is 259. The van der Waals surface area contributed by atoms with Gasteiger partial charge in [-0.1, -0.05) is 20.8 Å². The minimum absolute atomic E-state index is 0.000744. The van der Waals surface area contributed by atoms with Gasteiger partial charge < -0.3 is 15.9 Å². The third-order valence-corrected chi connectivity index (χ3v) is 3.48. The van der Waals surface area contributed by atoms with Gasteiger partial charge in [0.05, 0.1) is 6.10 Å². The van der Waals surface area contributed by atoms with Crippen molar-refractivity contribution in [3.05, 3.63) is 0 Å². The van der Waals surface area contributed by atoms with Crippen LogP contribution in [0.15, 0.2) is 0 Å². The van der Waals surface area contributed by atoms with E-state index < -0.39 is 17.6 Å². The van der Waals surface area contributed by atoms with Crippen molar-refractivity contribution in [3.63, 3.8) is 0 Å². The van der Waals surface area contributed by atoms with Crippen molar-refractivity contribution >= 4 is 5.97 Å². The standard InChI is InChI=1S/C11H21NO3/c1-10(2,3)7-4-5-11(12,9(14)15)6-8(7)13/h7-8,13H,4-6,12H2,1-3H3,(H,14,15). The quantitative estimate of drug-likeness (QED) is 0.608. The summed E-state index contributed by atoms with van der Waals surface area (Å²) in [5, 5.41) is 18.9. The van der Waals surface area contributed by atoms with E-state index >= 15 is 0 Å². The normalized spacial score (nSPS) is 37.7. The minimum Gasteiger partial charge on any atom is -0.480 e. The molecule has 1 aliphatic carbocycles. The van der Waals surface area contributed by atoms with E-state index in [4.69, 9.17) is 10.8 Å². The van der Waals surface area contributed by atoms with Crippen LogP contribution in [0.2, 0.25) is 0 Å². The molecule has 15 heavy (non-hydrogen) atoms. The number of rotatable bonds is 1. The highest BCUT2D eigenvalue weighted by atomic mass is 16.4. The first-order valence-corrected chi connectivity index (χ1v) is 5.37. The molecular formula is C11H21NO3. The van der Waals surface area contributed by atoms with E-state index in [1.54, 1.807) is 0 Å². The van der Waals surface area contributed by atoms with E-state index in [1.165, 1.54) is 0 Å². The lowest BCUT2D eigenvalue weighted by atomic mass is 9.66. The number of aliphatic hydroxyl groups is 1. The number of hydrogen-bond acceptors (Lipinski definition) is 3. The molecule has 3 unspecified atom stereocenters. The maximum absolute atomic E-state index is 10.9. The Hall–Kier alpha value is -0.610. The lowest BCUT2D eigenvalue weighted by Crippen LogP contribution is -2.56. The predicted octanol–water partition coefficient (Wildman–Crippen LogP) is 0.976. The second-order valence-electron chi connectivity index (χ2n) is 5.74. The Morgan fingerprint density at radius 3 is 2.33 bits per heavy atom. The Labute approximate surface area is 90.5 Å². The summed E-state index contributed by atoms with van der Waals surface area (Å²) in [7, 11) is 0. The van der Waals surface area contributed by atoms with Gasteiger partial charge in [0.25, 0.3) is 0 Å². The van der Waals surface area contributed by atoms with Gasteiger partial charge in [-0.05, 0) is 24.2 Å². The van der Waals surface area contributed by atoms with Crippen LogP contribution < -0.4 is 5.73 Å². The zero-order valence-corrected chi connectivity index (χ0v) is 9.66. The van der Waals surface area contributed by atoms with Crippen molar-refractivity contribution in [2.75, 3.05) is 0 Å². The summed E-state index contributed by atoms with van der Waals surface area (Å²) in [5.41, 5.74) is 4.50. The third kappa shape index (κ3) is 2.49. The first kappa shape index (κ1) is 12.5. The lowest BCUT2D eigenvalue weighted by Gasteiger charge is -2.43. The molecule has 1 rings (SSSR count).